The van der Waals surface area contributed by atoms with Crippen LogP contribution in [0.5, 0.6) is 0 Å². The van der Waals surface area contributed by atoms with Gasteiger partial charge in [0.1, 0.15) is 5.82 Å². The van der Waals surface area contributed by atoms with Gasteiger partial charge < -0.3 is 14.9 Å². The lowest BCUT2D eigenvalue weighted by atomic mass is 9.97. The van der Waals surface area contributed by atoms with Gasteiger partial charge in [-0.15, -0.1) is 0 Å². The number of imidazole rings is 2. The molecule has 1 aliphatic heterocycles. The molecule has 3 heterocycles. The van der Waals surface area contributed by atoms with Gasteiger partial charge in [-0.05, 0) is 30.5 Å². The molecule has 130 valence electrons. The first-order chi connectivity index (χ1) is 12.9. The van der Waals surface area contributed by atoms with Crippen LogP contribution in [0.2, 0.25) is 0 Å². The van der Waals surface area contributed by atoms with Crippen molar-refractivity contribution >= 4 is 17.0 Å². The molecule has 0 saturated carbocycles. The summed E-state index contributed by atoms with van der Waals surface area (Å²) in [5.41, 5.74) is 4.38. The van der Waals surface area contributed by atoms with Crippen molar-refractivity contribution in [3.05, 3.63) is 66.6 Å². The number of piperidine rings is 1. The fraction of sp³-hybridized carbons (Fsp3) is 0.238. The number of hydrogen-bond acceptors (Lipinski definition) is 3. The molecule has 0 radical (unpaired) electrons. The van der Waals surface area contributed by atoms with Crippen LogP contribution in [0.1, 0.15) is 24.6 Å². The Bertz CT molecular complexity index is 984. The molecule has 4 aromatic rings. The summed E-state index contributed by atoms with van der Waals surface area (Å²) in [6.45, 7) is 1.96. The van der Waals surface area contributed by atoms with Crippen molar-refractivity contribution in [3.63, 3.8) is 0 Å². The number of hydrogen-bond donors (Lipinski definition) is 2. The van der Waals surface area contributed by atoms with E-state index < -0.39 is 0 Å². The van der Waals surface area contributed by atoms with E-state index in [1.54, 1.807) is 0 Å². The normalized spacial score (nSPS) is 17.7. The van der Waals surface area contributed by atoms with E-state index in [-0.39, 0.29) is 0 Å². The predicted octanol–water partition coefficient (Wildman–Crippen LogP) is 4.34. The maximum atomic E-state index is 4.76. The van der Waals surface area contributed by atoms with Gasteiger partial charge >= 0.3 is 0 Å². The molecule has 1 aliphatic rings. The van der Waals surface area contributed by atoms with Crippen LogP contribution in [0.3, 0.4) is 0 Å². The maximum Gasteiger partial charge on any atom is 0.203 e. The SMILES string of the molecule is c1ccc(-c2cnc(C3CCCN(c4nc5ccccc5[nH]4)C3)[nH]2)cc1. The second-order valence-electron chi connectivity index (χ2n) is 6.91. The minimum atomic E-state index is 0.398. The minimum Gasteiger partial charge on any atom is -0.342 e. The molecule has 0 aliphatic carbocycles. The highest BCUT2D eigenvalue weighted by molar-refractivity contribution is 5.77. The number of nitrogens with zero attached hydrogens (tertiary/aromatic N) is 3. The van der Waals surface area contributed by atoms with Crippen molar-refractivity contribution in [2.45, 2.75) is 18.8 Å². The molecule has 2 N–H and O–H groups in total. The summed E-state index contributed by atoms with van der Waals surface area (Å²) in [5.74, 6) is 2.44. The molecule has 5 nitrogen and oxygen atoms in total. The van der Waals surface area contributed by atoms with Crippen LogP contribution in [-0.2, 0) is 0 Å². The molecule has 1 fully saturated rings. The number of benzene rings is 2. The van der Waals surface area contributed by atoms with E-state index >= 15 is 0 Å². The Balaban J connectivity index is 1.38. The molecule has 2 aromatic heterocycles. The highest BCUT2D eigenvalue weighted by Gasteiger charge is 2.25. The number of anilines is 1. The number of nitrogens with one attached hydrogen (secondary N) is 2. The molecule has 5 heteroatoms. The lowest BCUT2D eigenvalue weighted by Gasteiger charge is -2.31. The molecule has 1 atom stereocenters. The highest BCUT2D eigenvalue weighted by Crippen LogP contribution is 2.29. The zero-order valence-corrected chi connectivity index (χ0v) is 14.5. The van der Waals surface area contributed by atoms with Crippen molar-refractivity contribution in [2.24, 2.45) is 0 Å². The summed E-state index contributed by atoms with van der Waals surface area (Å²) in [4.78, 5) is 18.8. The summed E-state index contributed by atoms with van der Waals surface area (Å²) < 4.78 is 0. The summed E-state index contributed by atoms with van der Waals surface area (Å²) in [6.07, 6.45) is 4.24. The molecule has 5 rings (SSSR count). The van der Waals surface area contributed by atoms with E-state index in [1.807, 2.05) is 24.4 Å². The first kappa shape index (κ1) is 15.2. The van der Waals surface area contributed by atoms with Crippen LogP contribution >= 0.6 is 0 Å². The smallest absolute Gasteiger partial charge is 0.203 e. The van der Waals surface area contributed by atoms with Gasteiger partial charge in [0.25, 0.3) is 0 Å². The van der Waals surface area contributed by atoms with Crippen molar-refractivity contribution in [1.82, 2.24) is 19.9 Å². The van der Waals surface area contributed by atoms with Gasteiger partial charge in [0.2, 0.25) is 5.95 Å². The number of para-hydroxylation sites is 2. The van der Waals surface area contributed by atoms with E-state index in [4.69, 9.17) is 4.98 Å². The summed E-state index contributed by atoms with van der Waals surface area (Å²) >= 11 is 0. The second-order valence-corrected chi connectivity index (χ2v) is 6.91. The van der Waals surface area contributed by atoms with Crippen molar-refractivity contribution < 1.29 is 0 Å². The van der Waals surface area contributed by atoms with E-state index in [1.165, 1.54) is 5.56 Å². The van der Waals surface area contributed by atoms with E-state index in [2.05, 4.69) is 56.3 Å². The minimum absolute atomic E-state index is 0.398. The summed E-state index contributed by atoms with van der Waals surface area (Å²) in [7, 11) is 0. The Morgan fingerprint density at radius 1 is 0.962 bits per heavy atom. The van der Waals surface area contributed by atoms with E-state index in [0.717, 1.165) is 54.4 Å². The summed E-state index contributed by atoms with van der Waals surface area (Å²) in [6, 6.07) is 18.6. The van der Waals surface area contributed by atoms with Crippen molar-refractivity contribution in [2.75, 3.05) is 18.0 Å². The standard InChI is InChI=1S/C21H21N5/c1-2-7-15(8-3-1)19-13-22-20(23-19)16-9-6-12-26(14-16)21-24-17-10-4-5-11-18(17)25-21/h1-5,7-8,10-11,13,16H,6,9,12,14H2,(H,22,23)(H,24,25). The molecular weight excluding hydrogens is 322 g/mol. The lowest BCUT2D eigenvalue weighted by molar-refractivity contribution is 0.490. The van der Waals surface area contributed by atoms with Gasteiger partial charge in [-0.3, -0.25) is 0 Å². The molecular formula is C21H21N5. The van der Waals surface area contributed by atoms with Crippen LogP contribution in [0.15, 0.2) is 60.8 Å². The maximum absolute atomic E-state index is 4.76. The van der Waals surface area contributed by atoms with Gasteiger partial charge in [-0.1, -0.05) is 42.5 Å². The van der Waals surface area contributed by atoms with Crippen LogP contribution in [0.4, 0.5) is 5.95 Å². The topological polar surface area (TPSA) is 60.6 Å². The van der Waals surface area contributed by atoms with Gasteiger partial charge in [-0.25, -0.2) is 9.97 Å². The Morgan fingerprint density at radius 2 is 1.81 bits per heavy atom. The first-order valence-corrected chi connectivity index (χ1v) is 9.17. The zero-order chi connectivity index (χ0) is 17.3. The number of rotatable bonds is 3. The quantitative estimate of drug-likeness (QED) is 0.582. The third-order valence-corrected chi connectivity index (χ3v) is 5.16. The Labute approximate surface area is 152 Å². The number of aromatic nitrogens is 4. The molecule has 1 saturated heterocycles. The monoisotopic (exact) mass is 343 g/mol. The van der Waals surface area contributed by atoms with E-state index in [0.29, 0.717) is 5.92 Å². The lowest BCUT2D eigenvalue weighted by Crippen LogP contribution is -2.35. The van der Waals surface area contributed by atoms with Gasteiger partial charge in [0.05, 0.1) is 22.9 Å². The third kappa shape index (κ3) is 2.75. The Hall–Kier alpha value is -3.08. The average Bonchev–Trinajstić information content (AvgIpc) is 3.36. The van der Waals surface area contributed by atoms with Gasteiger partial charge in [0.15, 0.2) is 0 Å². The molecule has 0 amide bonds. The molecule has 0 bridgehead atoms. The largest absolute Gasteiger partial charge is 0.342 e. The molecule has 2 aromatic carbocycles. The highest BCUT2D eigenvalue weighted by atomic mass is 15.3. The van der Waals surface area contributed by atoms with Crippen LogP contribution in [-0.4, -0.2) is 33.0 Å². The Kier molecular flexibility index (Phi) is 3.70. The van der Waals surface area contributed by atoms with Crippen LogP contribution in [0, 0.1) is 0 Å². The zero-order valence-electron chi connectivity index (χ0n) is 14.5. The van der Waals surface area contributed by atoms with Crippen molar-refractivity contribution in [3.8, 4) is 11.3 Å². The van der Waals surface area contributed by atoms with Crippen LogP contribution < -0.4 is 4.90 Å². The number of H-pyrrole nitrogens is 2. The Morgan fingerprint density at radius 3 is 2.69 bits per heavy atom. The molecule has 1 unspecified atom stereocenters. The second kappa shape index (κ2) is 6.33. The fourth-order valence-electron chi connectivity index (χ4n) is 3.79. The predicted molar refractivity (Wildman–Crippen MR) is 104 cm³/mol. The first-order valence-electron chi connectivity index (χ1n) is 9.17. The van der Waals surface area contributed by atoms with Gasteiger partial charge in [0, 0.05) is 19.0 Å². The molecule has 26 heavy (non-hydrogen) atoms. The molecule has 0 spiro atoms. The van der Waals surface area contributed by atoms with Crippen LogP contribution in [0.25, 0.3) is 22.3 Å². The van der Waals surface area contributed by atoms with E-state index in [9.17, 15) is 0 Å². The van der Waals surface area contributed by atoms with Gasteiger partial charge in [-0.2, -0.15) is 0 Å². The summed E-state index contributed by atoms with van der Waals surface area (Å²) in [5, 5.41) is 0. The number of fused-ring (bicyclic) bond motifs is 1. The third-order valence-electron chi connectivity index (χ3n) is 5.16. The average molecular weight is 343 g/mol. The number of aromatic amines is 2. The fourth-order valence-corrected chi connectivity index (χ4v) is 3.79. The van der Waals surface area contributed by atoms with Crippen molar-refractivity contribution in [1.29, 1.82) is 0 Å².